The number of carbonyl (C=O) groups is 1. The molecule has 1 aliphatic heterocycles. The second-order valence-electron chi connectivity index (χ2n) is 5.34. The number of benzene rings is 1. The highest BCUT2D eigenvalue weighted by atomic mass is 16.6. The molecule has 1 aromatic carbocycles. The maximum atomic E-state index is 12.0. The zero-order valence-corrected chi connectivity index (χ0v) is 12.8. The van der Waals surface area contributed by atoms with Gasteiger partial charge < -0.3 is 14.8 Å². The molecule has 6 nitrogen and oxygen atoms in total. The molecule has 2 heterocycles. The number of carbonyl (C=O) groups excluding carboxylic acids is 1. The number of rotatable bonds is 4. The molecule has 0 aliphatic carbocycles. The third-order valence-electron chi connectivity index (χ3n) is 3.49. The zero-order chi connectivity index (χ0) is 15.5. The van der Waals surface area contributed by atoms with E-state index < -0.39 is 0 Å². The second-order valence-corrected chi connectivity index (χ2v) is 5.34. The van der Waals surface area contributed by atoms with Crippen molar-refractivity contribution in [1.29, 1.82) is 0 Å². The van der Waals surface area contributed by atoms with Crippen LogP contribution in [-0.2, 0) is 17.9 Å². The van der Waals surface area contributed by atoms with Crippen molar-refractivity contribution < 1.29 is 14.3 Å². The Hall–Kier alpha value is -2.50. The van der Waals surface area contributed by atoms with Crippen molar-refractivity contribution in [3.05, 3.63) is 41.2 Å². The van der Waals surface area contributed by atoms with Crippen LogP contribution in [0.3, 0.4) is 0 Å². The Labute approximate surface area is 129 Å². The molecule has 2 aromatic rings. The molecule has 0 saturated carbocycles. The van der Waals surface area contributed by atoms with Gasteiger partial charge in [0.15, 0.2) is 11.5 Å². The summed E-state index contributed by atoms with van der Waals surface area (Å²) in [6, 6.07) is 7.65. The van der Waals surface area contributed by atoms with Gasteiger partial charge in [-0.25, -0.2) is 0 Å². The topological polar surface area (TPSA) is 65.4 Å². The third kappa shape index (κ3) is 3.21. The lowest BCUT2D eigenvalue weighted by Gasteiger charge is -2.19. The van der Waals surface area contributed by atoms with E-state index in [1.807, 2.05) is 38.1 Å². The molecule has 0 radical (unpaired) electrons. The largest absolute Gasteiger partial charge is 0.486 e. The van der Waals surface area contributed by atoms with Gasteiger partial charge in [-0.1, -0.05) is 6.07 Å². The van der Waals surface area contributed by atoms with E-state index in [1.165, 1.54) is 0 Å². The first-order valence-corrected chi connectivity index (χ1v) is 7.28. The molecule has 1 N–H and O–H groups in total. The van der Waals surface area contributed by atoms with Crippen LogP contribution in [0.15, 0.2) is 24.3 Å². The van der Waals surface area contributed by atoms with Gasteiger partial charge in [-0.2, -0.15) is 5.10 Å². The average Bonchev–Trinajstić information content (AvgIpc) is 2.82. The molecule has 0 unspecified atom stereocenters. The summed E-state index contributed by atoms with van der Waals surface area (Å²) in [4.78, 5) is 12.0. The van der Waals surface area contributed by atoms with Gasteiger partial charge in [0.05, 0.1) is 5.69 Å². The van der Waals surface area contributed by atoms with Gasteiger partial charge in [0.1, 0.15) is 19.8 Å². The van der Waals surface area contributed by atoms with Gasteiger partial charge in [0.25, 0.3) is 0 Å². The van der Waals surface area contributed by atoms with Crippen LogP contribution >= 0.6 is 0 Å². The lowest BCUT2D eigenvalue weighted by molar-refractivity contribution is -0.122. The minimum atomic E-state index is -0.0684. The van der Waals surface area contributed by atoms with E-state index in [2.05, 4.69) is 10.4 Å². The highest BCUT2D eigenvalue weighted by molar-refractivity contribution is 5.75. The number of hydrogen-bond acceptors (Lipinski definition) is 4. The fourth-order valence-electron chi connectivity index (χ4n) is 2.43. The number of aryl methyl sites for hydroxylation is 2. The van der Waals surface area contributed by atoms with Crippen LogP contribution in [0, 0.1) is 13.8 Å². The van der Waals surface area contributed by atoms with Gasteiger partial charge in [-0.05, 0) is 37.6 Å². The highest BCUT2D eigenvalue weighted by Crippen LogP contribution is 2.30. The Kier molecular flexibility index (Phi) is 4.00. The predicted octanol–water partition coefficient (Wildman–Crippen LogP) is 1.59. The van der Waals surface area contributed by atoms with Crippen LogP contribution in [0.25, 0.3) is 0 Å². The average molecular weight is 301 g/mol. The standard InChI is InChI=1S/C16H19N3O3/c1-11-7-12(2)19(18-11)10-16(20)17-9-13-3-4-14-15(8-13)22-6-5-21-14/h3-4,7-8H,5-6,9-10H2,1-2H3,(H,17,20). The van der Waals surface area contributed by atoms with E-state index in [0.29, 0.717) is 19.8 Å². The number of amides is 1. The Morgan fingerprint density at radius 1 is 1.23 bits per heavy atom. The molecular weight excluding hydrogens is 282 g/mol. The molecular formula is C16H19N3O3. The van der Waals surface area contributed by atoms with Crippen molar-refractivity contribution >= 4 is 5.91 Å². The maximum absolute atomic E-state index is 12.0. The number of aromatic nitrogens is 2. The molecule has 22 heavy (non-hydrogen) atoms. The summed E-state index contributed by atoms with van der Waals surface area (Å²) in [5.41, 5.74) is 2.87. The minimum Gasteiger partial charge on any atom is -0.486 e. The summed E-state index contributed by atoms with van der Waals surface area (Å²) < 4.78 is 12.7. The van der Waals surface area contributed by atoms with E-state index in [-0.39, 0.29) is 12.5 Å². The Bertz CT molecular complexity index is 694. The quantitative estimate of drug-likeness (QED) is 0.931. The first-order valence-electron chi connectivity index (χ1n) is 7.28. The number of nitrogens with zero attached hydrogens (tertiary/aromatic N) is 2. The summed E-state index contributed by atoms with van der Waals surface area (Å²) in [6.07, 6.45) is 0. The SMILES string of the molecule is Cc1cc(C)n(CC(=O)NCc2ccc3c(c2)OCCO3)n1. The summed E-state index contributed by atoms with van der Waals surface area (Å²) in [7, 11) is 0. The van der Waals surface area contributed by atoms with Crippen LogP contribution < -0.4 is 14.8 Å². The van der Waals surface area contributed by atoms with Crippen LogP contribution in [0.1, 0.15) is 17.0 Å². The molecule has 0 atom stereocenters. The molecule has 1 amide bonds. The van der Waals surface area contributed by atoms with E-state index in [9.17, 15) is 4.79 Å². The lowest BCUT2D eigenvalue weighted by atomic mass is 10.2. The smallest absolute Gasteiger partial charge is 0.242 e. The van der Waals surface area contributed by atoms with E-state index in [0.717, 1.165) is 28.5 Å². The van der Waals surface area contributed by atoms with Gasteiger partial charge in [0.2, 0.25) is 5.91 Å². The summed E-state index contributed by atoms with van der Waals surface area (Å²) in [6.45, 7) is 5.66. The molecule has 1 aliphatic rings. The Morgan fingerprint density at radius 3 is 2.73 bits per heavy atom. The Balaban J connectivity index is 1.58. The fourth-order valence-corrected chi connectivity index (χ4v) is 2.43. The van der Waals surface area contributed by atoms with E-state index in [4.69, 9.17) is 9.47 Å². The fraction of sp³-hybridized carbons (Fsp3) is 0.375. The van der Waals surface area contributed by atoms with Crippen LogP contribution in [0.5, 0.6) is 11.5 Å². The second kappa shape index (κ2) is 6.09. The van der Waals surface area contributed by atoms with E-state index >= 15 is 0 Å². The van der Waals surface area contributed by atoms with Crippen molar-refractivity contribution in [2.45, 2.75) is 26.9 Å². The first-order chi connectivity index (χ1) is 10.6. The van der Waals surface area contributed by atoms with Crippen molar-refractivity contribution in [3.8, 4) is 11.5 Å². The Morgan fingerprint density at radius 2 is 2.00 bits per heavy atom. The summed E-state index contributed by atoms with van der Waals surface area (Å²) in [5, 5.41) is 7.18. The normalized spacial score (nSPS) is 13.0. The number of nitrogens with one attached hydrogen (secondary N) is 1. The van der Waals surface area contributed by atoms with Gasteiger partial charge in [0, 0.05) is 12.2 Å². The van der Waals surface area contributed by atoms with Gasteiger partial charge in [-0.3, -0.25) is 9.48 Å². The number of ether oxygens (including phenoxy) is 2. The molecule has 1 aromatic heterocycles. The summed E-state index contributed by atoms with van der Waals surface area (Å²) >= 11 is 0. The molecule has 116 valence electrons. The molecule has 0 saturated heterocycles. The van der Waals surface area contributed by atoms with E-state index in [1.54, 1.807) is 4.68 Å². The van der Waals surface area contributed by atoms with Crippen molar-refractivity contribution in [2.75, 3.05) is 13.2 Å². The molecule has 3 rings (SSSR count). The maximum Gasteiger partial charge on any atom is 0.242 e. The zero-order valence-electron chi connectivity index (χ0n) is 12.8. The van der Waals surface area contributed by atoms with Gasteiger partial charge in [-0.15, -0.1) is 0 Å². The molecule has 0 bridgehead atoms. The van der Waals surface area contributed by atoms with Crippen LogP contribution in [0.2, 0.25) is 0 Å². The van der Waals surface area contributed by atoms with Crippen molar-refractivity contribution in [3.63, 3.8) is 0 Å². The highest BCUT2D eigenvalue weighted by Gasteiger charge is 2.12. The molecule has 0 spiro atoms. The third-order valence-corrected chi connectivity index (χ3v) is 3.49. The predicted molar refractivity (Wildman–Crippen MR) is 81.0 cm³/mol. The van der Waals surface area contributed by atoms with Gasteiger partial charge >= 0.3 is 0 Å². The summed E-state index contributed by atoms with van der Waals surface area (Å²) in [5.74, 6) is 1.42. The lowest BCUT2D eigenvalue weighted by Crippen LogP contribution is -2.28. The first kappa shape index (κ1) is 14.4. The van der Waals surface area contributed by atoms with Crippen LogP contribution in [0.4, 0.5) is 0 Å². The monoisotopic (exact) mass is 301 g/mol. The molecule has 0 fully saturated rings. The minimum absolute atomic E-state index is 0.0684. The van der Waals surface area contributed by atoms with Crippen molar-refractivity contribution in [1.82, 2.24) is 15.1 Å². The number of hydrogen-bond donors (Lipinski definition) is 1. The van der Waals surface area contributed by atoms with Crippen molar-refractivity contribution in [2.24, 2.45) is 0 Å². The number of fused-ring (bicyclic) bond motifs is 1. The molecule has 6 heteroatoms. The van der Waals surface area contributed by atoms with Crippen LogP contribution in [-0.4, -0.2) is 28.9 Å².